The van der Waals surface area contributed by atoms with Crippen LogP contribution in [0.15, 0.2) is 50.7 Å². The lowest BCUT2D eigenvalue weighted by Crippen LogP contribution is -2.46. The number of aromatic hydroxyl groups is 1. The van der Waals surface area contributed by atoms with Gasteiger partial charge in [-0.1, -0.05) is 88.3 Å². The van der Waals surface area contributed by atoms with Crippen molar-refractivity contribution in [2.45, 2.75) is 129 Å². The predicted molar refractivity (Wildman–Crippen MR) is 165 cm³/mol. The molecule has 5 N–H and O–H groups in total. The molecule has 0 saturated carbocycles. The first kappa shape index (κ1) is 36.0. The lowest BCUT2D eigenvalue weighted by molar-refractivity contribution is -0.180. The summed E-state index contributed by atoms with van der Waals surface area (Å²) in [7, 11) is 0. The predicted octanol–water partition coefficient (Wildman–Crippen LogP) is 5.61. The van der Waals surface area contributed by atoms with E-state index in [1.807, 2.05) is 13.0 Å². The minimum atomic E-state index is -1.48. The summed E-state index contributed by atoms with van der Waals surface area (Å²) in [5.74, 6) is 0.469. The van der Waals surface area contributed by atoms with E-state index in [1.54, 1.807) is 19.9 Å². The number of ether oxygens (including phenoxy) is 1. The molecule has 1 aliphatic heterocycles. The Morgan fingerprint density at radius 3 is 2.45 bits per heavy atom. The average molecular weight is 591 g/mol. The zero-order valence-corrected chi connectivity index (χ0v) is 26.5. The van der Waals surface area contributed by atoms with Gasteiger partial charge in [-0.25, -0.2) is 4.79 Å². The van der Waals surface area contributed by atoms with Crippen LogP contribution in [0.1, 0.15) is 111 Å². The zero-order valence-electron chi connectivity index (χ0n) is 26.5. The minimum absolute atomic E-state index is 0.00909. The number of rotatable bonds is 15. The van der Waals surface area contributed by atoms with Gasteiger partial charge in [-0.05, 0) is 46.0 Å². The highest BCUT2D eigenvalue weighted by Crippen LogP contribution is 2.37. The molecule has 1 aromatic heterocycles. The molecule has 8 heteroatoms. The fourth-order valence-electron chi connectivity index (χ4n) is 5.62. The Labute approximate surface area is 251 Å². The van der Waals surface area contributed by atoms with Gasteiger partial charge in [-0.2, -0.15) is 0 Å². The third kappa shape index (κ3) is 10.2. The molecule has 0 amide bonds. The molecule has 0 aromatic carbocycles. The molecule has 1 aromatic rings. The Hall–Kier alpha value is -2.23. The Morgan fingerprint density at radius 1 is 1.14 bits per heavy atom. The first-order valence-corrected chi connectivity index (χ1v) is 15.4. The number of aliphatic hydroxyl groups excluding tert-OH is 4. The fraction of sp³-hybridized carbons (Fsp3) is 0.676. The van der Waals surface area contributed by atoms with Gasteiger partial charge in [0.1, 0.15) is 29.3 Å². The van der Waals surface area contributed by atoms with E-state index in [9.17, 15) is 30.3 Å². The van der Waals surface area contributed by atoms with Crippen LogP contribution in [-0.2, 0) is 10.2 Å². The Bertz CT molecular complexity index is 1130. The summed E-state index contributed by atoms with van der Waals surface area (Å²) in [5, 5.41) is 51.7. The van der Waals surface area contributed by atoms with Crippen molar-refractivity contribution >= 4 is 0 Å². The van der Waals surface area contributed by atoms with Crippen molar-refractivity contribution in [2.24, 2.45) is 11.8 Å². The van der Waals surface area contributed by atoms with Crippen molar-refractivity contribution in [3.8, 4) is 5.75 Å². The molecule has 0 spiro atoms. The molecule has 1 saturated heterocycles. The lowest BCUT2D eigenvalue weighted by atomic mass is 9.82. The molecule has 238 valence electrons. The maximum atomic E-state index is 12.9. The molecule has 0 bridgehead atoms. The summed E-state index contributed by atoms with van der Waals surface area (Å²) >= 11 is 0. The topological polar surface area (TPSA) is 141 Å². The van der Waals surface area contributed by atoms with E-state index in [0.29, 0.717) is 5.92 Å². The van der Waals surface area contributed by atoms with Gasteiger partial charge in [-0.3, -0.25) is 0 Å². The highest BCUT2D eigenvalue weighted by molar-refractivity contribution is 5.36. The van der Waals surface area contributed by atoms with Crippen LogP contribution in [0.25, 0.3) is 0 Å². The third-order valence-electron chi connectivity index (χ3n) is 8.21. The van der Waals surface area contributed by atoms with E-state index < -0.39 is 53.9 Å². The normalized spacial score (nSPS) is 24.6. The fourth-order valence-corrected chi connectivity index (χ4v) is 5.62. The van der Waals surface area contributed by atoms with Gasteiger partial charge in [0, 0.05) is 12.5 Å². The number of allylic oxidation sites excluding steroid dienone is 5. The van der Waals surface area contributed by atoms with Crippen LogP contribution in [0.2, 0.25) is 0 Å². The van der Waals surface area contributed by atoms with E-state index in [1.165, 1.54) is 43.7 Å². The second kappa shape index (κ2) is 16.6. The van der Waals surface area contributed by atoms with Gasteiger partial charge in [0.15, 0.2) is 0 Å². The molecule has 1 aliphatic rings. The molecule has 3 unspecified atom stereocenters. The van der Waals surface area contributed by atoms with Gasteiger partial charge in [-0.15, -0.1) is 0 Å². The Morgan fingerprint density at radius 2 is 1.83 bits per heavy atom. The van der Waals surface area contributed by atoms with Gasteiger partial charge in [0.25, 0.3) is 0 Å². The summed E-state index contributed by atoms with van der Waals surface area (Å²) in [5.41, 5.74) is -0.0159. The number of hydrogen-bond donors (Lipinski definition) is 5. The Balaban J connectivity index is 2.10. The van der Waals surface area contributed by atoms with Crippen LogP contribution in [-0.4, -0.2) is 56.6 Å². The molecular weight excluding hydrogens is 536 g/mol. The molecule has 2 heterocycles. The second-order valence-electron chi connectivity index (χ2n) is 12.8. The summed E-state index contributed by atoms with van der Waals surface area (Å²) < 4.78 is 11.0. The van der Waals surface area contributed by atoms with Crippen molar-refractivity contribution in [3.63, 3.8) is 0 Å². The van der Waals surface area contributed by atoms with Gasteiger partial charge in [0.2, 0.25) is 0 Å². The highest BCUT2D eigenvalue weighted by atomic mass is 16.5. The van der Waals surface area contributed by atoms with Gasteiger partial charge >= 0.3 is 5.63 Å². The zero-order chi connectivity index (χ0) is 31.6. The maximum Gasteiger partial charge on any atom is 0.345 e. The number of hydrogen-bond acceptors (Lipinski definition) is 8. The summed E-state index contributed by atoms with van der Waals surface area (Å²) in [6.45, 7) is 13.8. The molecule has 1 fully saturated rings. The Kier molecular flexibility index (Phi) is 14.2. The third-order valence-corrected chi connectivity index (χ3v) is 8.21. The van der Waals surface area contributed by atoms with Crippen LogP contribution in [0, 0.1) is 11.8 Å². The van der Waals surface area contributed by atoms with E-state index in [0.717, 1.165) is 12.0 Å². The summed E-state index contributed by atoms with van der Waals surface area (Å²) in [4.78, 5) is 12.9. The molecule has 8 nitrogen and oxygen atoms in total. The summed E-state index contributed by atoms with van der Waals surface area (Å²) in [6, 6.07) is 1.22. The second-order valence-corrected chi connectivity index (χ2v) is 12.8. The standard InChI is InChI=1S/C34H54O8/c1-8-9-10-11-12-21(2)15-23(4)17-24(5)16-22(3)13-14-28(38)34(6,7)29-19-26(36)30(33(40)42-29)32-31(39)27(37)18-25(20-35)41-32/h13-14,16-17,19,21,24-25,27-28,31-32,35-39H,8-12,15,18,20H2,1-7H3/b14-13+,22-16+,23-17+/t21?,24?,25-,27-,28?,31+,32-/m0/s1. The lowest BCUT2D eigenvalue weighted by Gasteiger charge is -2.36. The van der Waals surface area contributed by atoms with E-state index in [2.05, 4.69) is 39.8 Å². The van der Waals surface area contributed by atoms with E-state index in [4.69, 9.17) is 9.15 Å². The van der Waals surface area contributed by atoms with E-state index >= 15 is 0 Å². The molecule has 2 rings (SSSR count). The number of unbranched alkanes of at least 4 members (excludes halogenated alkanes) is 3. The van der Waals surface area contributed by atoms with Crippen LogP contribution in [0.3, 0.4) is 0 Å². The van der Waals surface area contributed by atoms with Gasteiger partial charge in [0.05, 0.1) is 30.3 Å². The largest absolute Gasteiger partial charge is 0.507 e. The first-order chi connectivity index (χ1) is 19.7. The molecular formula is C34H54O8. The van der Waals surface area contributed by atoms with Crippen LogP contribution in [0.5, 0.6) is 5.75 Å². The molecule has 0 aliphatic carbocycles. The van der Waals surface area contributed by atoms with Crippen LogP contribution in [0.4, 0.5) is 0 Å². The van der Waals surface area contributed by atoms with Crippen LogP contribution < -0.4 is 5.63 Å². The minimum Gasteiger partial charge on any atom is -0.507 e. The van der Waals surface area contributed by atoms with Gasteiger partial charge < -0.3 is 34.7 Å². The molecule has 0 radical (unpaired) electrons. The van der Waals surface area contributed by atoms with Crippen molar-refractivity contribution < 1.29 is 34.7 Å². The van der Waals surface area contributed by atoms with Crippen molar-refractivity contribution in [3.05, 3.63) is 63.3 Å². The number of aliphatic hydroxyl groups is 4. The highest BCUT2D eigenvalue weighted by Gasteiger charge is 2.41. The van der Waals surface area contributed by atoms with Crippen molar-refractivity contribution in [1.29, 1.82) is 0 Å². The first-order valence-electron chi connectivity index (χ1n) is 15.4. The van der Waals surface area contributed by atoms with E-state index in [-0.39, 0.29) is 23.7 Å². The quantitative estimate of drug-likeness (QED) is 0.101. The average Bonchev–Trinajstić information content (AvgIpc) is 2.91. The molecule has 7 atom stereocenters. The summed E-state index contributed by atoms with van der Waals surface area (Å²) in [6.07, 6.45) is 9.45. The van der Waals surface area contributed by atoms with Crippen molar-refractivity contribution in [1.82, 2.24) is 0 Å². The molecule has 42 heavy (non-hydrogen) atoms. The van der Waals surface area contributed by atoms with Crippen LogP contribution >= 0.6 is 0 Å². The monoisotopic (exact) mass is 590 g/mol. The SMILES string of the molecule is CCCCCCC(C)C/C(C)=C/C(C)/C=C(C)/C=C/C(O)C(C)(C)c1cc(O)c([C@@H]2O[C@H](CO)C[C@H](O)[C@H]2O)c(=O)o1. The smallest absolute Gasteiger partial charge is 0.345 e. The maximum absolute atomic E-state index is 12.9. The van der Waals surface area contributed by atoms with Crippen molar-refractivity contribution in [2.75, 3.05) is 6.61 Å².